The molecule has 0 fully saturated rings. The van der Waals surface area contributed by atoms with Gasteiger partial charge in [0, 0.05) is 12.1 Å². The molecular weight excluding hydrogens is 258 g/mol. The Morgan fingerprint density at radius 3 is 2.43 bits per heavy atom. The predicted molar refractivity (Wildman–Crippen MR) is 88.7 cm³/mol. The Kier molecular flexibility index (Phi) is 6.29. The van der Waals surface area contributed by atoms with Crippen LogP contribution in [0.5, 0.6) is 5.75 Å². The minimum atomic E-state index is 0.212. The molecular formula is C19H25NO. The fourth-order valence-electron chi connectivity index (χ4n) is 2.30. The van der Waals surface area contributed by atoms with Crippen LogP contribution < -0.4 is 10.1 Å². The molecule has 0 unspecified atom stereocenters. The molecule has 0 aromatic heterocycles. The topological polar surface area (TPSA) is 21.3 Å². The largest absolute Gasteiger partial charge is 0.491 e. The van der Waals surface area contributed by atoms with E-state index in [0.717, 1.165) is 31.7 Å². The Bertz CT molecular complexity index is 522. The third kappa shape index (κ3) is 5.60. The fourth-order valence-corrected chi connectivity index (χ4v) is 2.30. The van der Waals surface area contributed by atoms with Crippen LogP contribution >= 0.6 is 0 Å². The first-order valence-electron chi connectivity index (χ1n) is 7.75. The third-order valence-corrected chi connectivity index (χ3v) is 3.31. The van der Waals surface area contributed by atoms with Crippen LogP contribution in [0.2, 0.25) is 0 Å². The van der Waals surface area contributed by atoms with Gasteiger partial charge in [-0.1, -0.05) is 48.5 Å². The van der Waals surface area contributed by atoms with Crippen LogP contribution in [0.1, 0.15) is 31.4 Å². The molecule has 21 heavy (non-hydrogen) atoms. The van der Waals surface area contributed by atoms with Gasteiger partial charge < -0.3 is 10.1 Å². The average molecular weight is 283 g/mol. The SMILES string of the molecule is CC(C)Oc1ccccc1CNCCCc1ccccc1. The van der Waals surface area contributed by atoms with Crippen molar-refractivity contribution in [1.29, 1.82) is 0 Å². The number of rotatable bonds is 8. The zero-order valence-corrected chi connectivity index (χ0v) is 13.0. The molecule has 2 aromatic carbocycles. The van der Waals surface area contributed by atoms with Crippen molar-refractivity contribution in [2.75, 3.05) is 6.54 Å². The Labute approximate surface area is 128 Å². The van der Waals surface area contributed by atoms with E-state index in [4.69, 9.17) is 4.74 Å². The Morgan fingerprint density at radius 2 is 1.67 bits per heavy atom. The number of hydrogen-bond acceptors (Lipinski definition) is 2. The van der Waals surface area contributed by atoms with Gasteiger partial charge >= 0.3 is 0 Å². The van der Waals surface area contributed by atoms with Gasteiger partial charge in [0.15, 0.2) is 0 Å². The van der Waals surface area contributed by atoms with Gasteiger partial charge in [-0.3, -0.25) is 0 Å². The van der Waals surface area contributed by atoms with E-state index in [1.54, 1.807) is 0 Å². The van der Waals surface area contributed by atoms with E-state index in [9.17, 15) is 0 Å². The molecule has 2 rings (SSSR count). The Hall–Kier alpha value is -1.80. The highest BCUT2D eigenvalue weighted by atomic mass is 16.5. The minimum absolute atomic E-state index is 0.212. The number of benzene rings is 2. The second-order valence-electron chi connectivity index (χ2n) is 5.54. The molecule has 0 heterocycles. The molecule has 0 bridgehead atoms. The molecule has 2 nitrogen and oxygen atoms in total. The van der Waals surface area contributed by atoms with Crippen molar-refractivity contribution in [3.8, 4) is 5.75 Å². The highest BCUT2D eigenvalue weighted by Crippen LogP contribution is 2.19. The molecule has 0 amide bonds. The number of nitrogens with one attached hydrogen (secondary N) is 1. The Balaban J connectivity index is 1.73. The smallest absolute Gasteiger partial charge is 0.124 e. The lowest BCUT2D eigenvalue weighted by atomic mass is 10.1. The molecule has 0 aliphatic rings. The van der Waals surface area contributed by atoms with Crippen LogP contribution in [0.15, 0.2) is 54.6 Å². The van der Waals surface area contributed by atoms with Crippen LogP contribution in [0.25, 0.3) is 0 Å². The average Bonchev–Trinajstić information content (AvgIpc) is 2.49. The van der Waals surface area contributed by atoms with Crippen molar-refractivity contribution < 1.29 is 4.74 Å². The second kappa shape index (κ2) is 8.48. The highest BCUT2D eigenvalue weighted by molar-refractivity contribution is 5.33. The van der Waals surface area contributed by atoms with Gasteiger partial charge in [-0.15, -0.1) is 0 Å². The highest BCUT2D eigenvalue weighted by Gasteiger charge is 2.04. The summed E-state index contributed by atoms with van der Waals surface area (Å²) in [7, 11) is 0. The molecule has 0 atom stereocenters. The van der Waals surface area contributed by atoms with Crippen molar-refractivity contribution in [2.24, 2.45) is 0 Å². The lowest BCUT2D eigenvalue weighted by Gasteiger charge is -2.14. The van der Waals surface area contributed by atoms with E-state index in [0.29, 0.717) is 0 Å². The lowest BCUT2D eigenvalue weighted by Crippen LogP contribution is -2.17. The summed E-state index contributed by atoms with van der Waals surface area (Å²) in [6, 6.07) is 18.9. The summed E-state index contributed by atoms with van der Waals surface area (Å²) >= 11 is 0. The zero-order valence-electron chi connectivity index (χ0n) is 13.0. The molecule has 0 spiro atoms. The molecule has 2 heteroatoms. The summed E-state index contributed by atoms with van der Waals surface area (Å²) in [5.41, 5.74) is 2.63. The van der Waals surface area contributed by atoms with Crippen LogP contribution in [-0.4, -0.2) is 12.6 Å². The monoisotopic (exact) mass is 283 g/mol. The van der Waals surface area contributed by atoms with Gasteiger partial charge in [-0.05, 0) is 44.9 Å². The first-order chi connectivity index (χ1) is 10.3. The fraction of sp³-hybridized carbons (Fsp3) is 0.368. The van der Waals surface area contributed by atoms with Crippen LogP contribution in [0, 0.1) is 0 Å². The van der Waals surface area contributed by atoms with E-state index in [1.165, 1.54) is 11.1 Å². The van der Waals surface area contributed by atoms with Crippen molar-refractivity contribution in [2.45, 2.75) is 39.3 Å². The summed E-state index contributed by atoms with van der Waals surface area (Å²) in [5.74, 6) is 0.989. The molecule has 2 aromatic rings. The quantitative estimate of drug-likeness (QED) is 0.733. The van der Waals surface area contributed by atoms with E-state index in [1.807, 2.05) is 12.1 Å². The van der Waals surface area contributed by atoms with E-state index in [2.05, 4.69) is 61.6 Å². The summed E-state index contributed by atoms with van der Waals surface area (Å²) in [5, 5.41) is 3.51. The van der Waals surface area contributed by atoms with Gasteiger partial charge in [0.25, 0.3) is 0 Å². The van der Waals surface area contributed by atoms with Crippen LogP contribution in [0.3, 0.4) is 0 Å². The summed E-state index contributed by atoms with van der Waals surface area (Å²) < 4.78 is 5.83. The molecule has 0 aliphatic heterocycles. The summed E-state index contributed by atoms with van der Waals surface area (Å²) in [6.45, 7) is 6.00. The number of hydrogen-bond donors (Lipinski definition) is 1. The van der Waals surface area contributed by atoms with Crippen LogP contribution in [-0.2, 0) is 13.0 Å². The summed E-state index contributed by atoms with van der Waals surface area (Å²) in [6.07, 6.45) is 2.49. The summed E-state index contributed by atoms with van der Waals surface area (Å²) in [4.78, 5) is 0. The normalized spacial score (nSPS) is 10.8. The second-order valence-corrected chi connectivity index (χ2v) is 5.54. The minimum Gasteiger partial charge on any atom is -0.491 e. The standard InChI is InChI=1S/C19H25NO/c1-16(2)21-19-13-7-6-12-18(19)15-20-14-8-11-17-9-4-3-5-10-17/h3-7,9-10,12-13,16,20H,8,11,14-15H2,1-2H3. The number of aryl methyl sites for hydroxylation is 1. The van der Waals surface area contributed by atoms with E-state index in [-0.39, 0.29) is 6.10 Å². The van der Waals surface area contributed by atoms with E-state index < -0.39 is 0 Å². The number of para-hydroxylation sites is 1. The molecule has 0 radical (unpaired) electrons. The molecule has 1 N–H and O–H groups in total. The molecule has 0 saturated heterocycles. The first kappa shape index (κ1) is 15.6. The van der Waals surface area contributed by atoms with Crippen molar-refractivity contribution in [3.63, 3.8) is 0 Å². The molecule has 0 saturated carbocycles. The van der Waals surface area contributed by atoms with E-state index >= 15 is 0 Å². The van der Waals surface area contributed by atoms with Gasteiger partial charge in [0.2, 0.25) is 0 Å². The lowest BCUT2D eigenvalue weighted by molar-refractivity contribution is 0.239. The van der Waals surface area contributed by atoms with Gasteiger partial charge in [-0.25, -0.2) is 0 Å². The zero-order chi connectivity index (χ0) is 14.9. The van der Waals surface area contributed by atoms with Gasteiger partial charge in [0.1, 0.15) is 5.75 Å². The third-order valence-electron chi connectivity index (χ3n) is 3.31. The Morgan fingerprint density at radius 1 is 0.952 bits per heavy atom. The van der Waals surface area contributed by atoms with Gasteiger partial charge in [0.05, 0.1) is 6.10 Å². The predicted octanol–water partition coefficient (Wildman–Crippen LogP) is 4.20. The number of ether oxygens (including phenoxy) is 1. The maximum absolute atomic E-state index is 5.83. The van der Waals surface area contributed by atoms with Gasteiger partial charge in [-0.2, -0.15) is 0 Å². The first-order valence-corrected chi connectivity index (χ1v) is 7.75. The maximum Gasteiger partial charge on any atom is 0.124 e. The van der Waals surface area contributed by atoms with Crippen LogP contribution in [0.4, 0.5) is 0 Å². The maximum atomic E-state index is 5.83. The molecule has 0 aliphatic carbocycles. The molecule has 112 valence electrons. The van der Waals surface area contributed by atoms with Crippen molar-refractivity contribution in [1.82, 2.24) is 5.32 Å². The van der Waals surface area contributed by atoms with Crippen molar-refractivity contribution in [3.05, 3.63) is 65.7 Å². The van der Waals surface area contributed by atoms with Crippen molar-refractivity contribution >= 4 is 0 Å².